The monoisotopic (exact) mass is 282 g/mol. The van der Waals surface area contributed by atoms with E-state index in [1.54, 1.807) is 6.20 Å². The van der Waals surface area contributed by atoms with Crippen molar-refractivity contribution in [3.05, 3.63) is 53.3 Å². The van der Waals surface area contributed by atoms with Crippen molar-refractivity contribution < 1.29 is 4.74 Å². The lowest BCUT2D eigenvalue weighted by Gasteiger charge is -2.20. The standard InChI is InChI=1S/C16H18N4O/c1-20-15(5-7-19-20)16-14(6-8-21-16)18-11-13-4-2-3-12(9-13)10-17/h2-5,7,9,14,16,18H,6,8,11H2,1H3/t14-,16-/m0/s1. The van der Waals surface area contributed by atoms with E-state index >= 15 is 0 Å². The third-order valence-corrected chi connectivity index (χ3v) is 3.87. The molecule has 1 aliphatic rings. The van der Waals surface area contributed by atoms with E-state index in [-0.39, 0.29) is 12.1 Å². The van der Waals surface area contributed by atoms with E-state index in [1.807, 2.05) is 42.1 Å². The fourth-order valence-electron chi connectivity index (χ4n) is 2.75. The van der Waals surface area contributed by atoms with E-state index in [0.717, 1.165) is 30.8 Å². The molecule has 5 heteroatoms. The number of ether oxygens (including phenoxy) is 1. The topological polar surface area (TPSA) is 62.9 Å². The van der Waals surface area contributed by atoms with E-state index in [9.17, 15) is 0 Å². The van der Waals surface area contributed by atoms with Crippen molar-refractivity contribution in [2.45, 2.75) is 25.1 Å². The third-order valence-electron chi connectivity index (χ3n) is 3.87. The van der Waals surface area contributed by atoms with Gasteiger partial charge in [0.2, 0.25) is 0 Å². The van der Waals surface area contributed by atoms with Crippen molar-refractivity contribution in [1.82, 2.24) is 15.1 Å². The van der Waals surface area contributed by atoms with Gasteiger partial charge in [-0.2, -0.15) is 10.4 Å². The summed E-state index contributed by atoms with van der Waals surface area (Å²) in [7, 11) is 1.93. The van der Waals surface area contributed by atoms with Crippen LogP contribution in [0, 0.1) is 11.3 Å². The molecule has 0 amide bonds. The second-order valence-corrected chi connectivity index (χ2v) is 5.26. The molecule has 108 valence electrons. The normalized spacial score (nSPS) is 21.3. The molecule has 3 rings (SSSR count). The molecule has 1 fully saturated rings. The van der Waals surface area contributed by atoms with Gasteiger partial charge in [0.25, 0.3) is 0 Å². The number of nitrogens with one attached hydrogen (secondary N) is 1. The highest BCUT2D eigenvalue weighted by Gasteiger charge is 2.31. The lowest BCUT2D eigenvalue weighted by atomic mass is 10.1. The molecule has 1 aliphatic heterocycles. The van der Waals surface area contributed by atoms with Gasteiger partial charge in [-0.1, -0.05) is 12.1 Å². The molecular weight excluding hydrogens is 264 g/mol. The van der Waals surface area contributed by atoms with Crippen LogP contribution in [-0.2, 0) is 18.3 Å². The number of benzene rings is 1. The second kappa shape index (κ2) is 6.08. The van der Waals surface area contributed by atoms with Gasteiger partial charge in [-0.3, -0.25) is 4.68 Å². The number of hydrogen-bond acceptors (Lipinski definition) is 4. The van der Waals surface area contributed by atoms with E-state index in [2.05, 4.69) is 16.5 Å². The van der Waals surface area contributed by atoms with E-state index in [1.165, 1.54) is 0 Å². The molecule has 1 aromatic heterocycles. The Morgan fingerprint density at radius 2 is 2.38 bits per heavy atom. The first-order valence-electron chi connectivity index (χ1n) is 7.10. The van der Waals surface area contributed by atoms with Crippen LogP contribution in [0.3, 0.4) is 0 Å². The summed E-state index contributed by atoms with van der Waals surface area (Å²) in [5, 5.41) is 16.7. The SMILES string of the molecule is Cn1nccc1[C@H]1OCC[C@@H]1NCc1cccc(C#N)c1. The van der Waals surface area contributed by atoms with Crippen molar-refractivity contribution in [2.75, 3.05) is 6.61 Å². The molecule has 0 aliphatic carbocycles. The zero-order valence-corrected chi connectivity index (χ0v) is 12.0. The Balaban J connectivity index is 1.67. The lowest BCUT2D eigenvalue weighted by Crippen LogP contribution is -2.32. The fourth-order valence-corrected chi connectivity index (χ4v) is 2.75. The molecule has 2 heterocycles. The Morgan fingerprint density at radius 1 is 1.48 bits per heavy atom. The minimum atomic E-state index is 0.0386. The van der Waals surface area contributed by atoms with E-state index < -0.39 is 0 Å². The van der Waals surface area contributed by atoms with Gasteiger partial charge in [-0.05, 0) is 30.2 Å². The minimum Gasteiger partial charge on any atom is -0.370 e. The quantitative estimate of drug-likeness (QED) is 0.930. The summed E-state index contributed by atoms with van der Waals surface area (Å²) in [6.07, 6.45) is 2.81. The van der Waals surface area contributed by atoms with Crippen LogP contribution < -0.4 is 5.32 Å². The highest BCUT2D eigenvalue weighted by Crippen LogP contribution is 2.28. The van der Waals surface area contributed by atoms with E-state index in [0.29, 0.717) is 5.56 Å². The van der Waals surface area contributed by atoms with Gasteiger partial charge in [-0.25, -0.2) is 0 Å². The first-order chi connectivity index (χ1) is 10.3. The average molecular weight is 282 g/mol. The number of nitrogens with zero attached hydrogens (tertiary/aromatic N) is 3. The Labute approximate surface area is 124 Å². The van der Waals surface area contributed by atoms with Crippen LogP contribution in [0.5, 0.6) is 0 Å². The van der Waals surface area contributed by atoms with Gasteiger partial charge in [0.1, 0.15) is 6.10 Å². The number of aromatic nitrogens is 2. The molecule has 1 N–H and O–H groups in total. The minimum absolute atomic E-state index is 0.0386. The highest BCUT2D eigenvalue weighted by molar-refractivity contribution is 5.32. The molecule has 1 aromatic carbocycles. The molecule has 0 radical (unpaired) electrons. The lowest BCUT2D eigenvalue weighted by molar-refractivity contribution is 0.0919. The molecule has 1 saturated heterocycles. The highest BCUT2D eigenvalue weighted by atomic mass is 16.5. The number of rotatable bonds is 4. The Kier molecular flexibility index (Phi) is 4.00. The van der Waals surface area contributed by atoms with Crippen LogP contribution in [0.1, 0.15) is 29.3 Å². The Morgan fingerprint density at radius 3 is 3.14 bits per heavy atom. The maximum absolute atomic E-state index is 8.94. The summed E-state index contributed by atoms with van der Waals surface area (Å²) in [6.45, 7) is 1.49. The Hall–Kier alpha value is -2.16. The van der Waals surface area contributed by atoms with Crippen LogP contribution in [0.2, 0.25) is 0 Å². The average Bonchev–Trinajstić information content (AvgIpc) is 3.13. The summed E-state index contributed by atoms with van der Waals surface area (Å²) < 4.78 is 7.71. The van der Waals surface area contributed by atoms with E-state index in [4.69, 9.17) is 10.00 Å². The van der Waals surface area contributed by atoms with Crippen molar-refractivity contribution in [3.8, 4) is 6.07 Å². The number of aryl methyl sites for hydroxylation is 1. The van der Waals surface area contributed by atoms with Gasteiger partial charge in [-0.15, -0.1) is 0 Å². The number of nitriles is 1. The van der Waals surface area contributed by atoms with Crippen LogP contribution in [0.15, 0.2) is 36.5 Å². The number of hydrogen-bond donors (Lipinski definition) is 1. The predicted molar refractivity (Wildman–Crippen MR) is 78.3 cm³/mol. The first kappa shape index (κ1) is 13.8. The van der Waals surface area contributed by atoms with Crippen LogP contribution in [0.25, 0.3) is 0 Å². The van der Waals surface area contributed by atoms with Gasteiger partial charge < -0.3 is 10.1 Å². The summed E-state index contributed by atoms with van der Waals surface area (Å²) in [4.78, 5) is 0. The zero-order chi connectivity index (χ0) is 14.7. The molecule has 0 unspecified atom stereocenters. The Bertz CT molecular complexity index is 658. The smallest absolute Gasteiger partial charge is 0.114 e. The molecule has 2 atom stereocenters. The van der Waals surface area contributed by atoms with Gasteiger partial charge in [0.05, 0.1) is 17.3 Å². The predicted octanol–water partition coefficient (Wildman–Crippen LogP) is 1.91. The van der Waals surface area contributed by atoms with Crippen molar-refractivity contribution in [3.63, 3.8) is 0 Å². The van der Waals surface area contributed by atoms with Crippen molar-refractivity contribution >= 4 is 0 Å². The third kappa shape index (κ3) is 2.97. The molecular formula is C16H18N4O. The van der Waals surface area contributed by atoms with Crippen LogP contribution >= 0.6 is 0 Å². The van der Waals surface area contributed by atoms with Crippen LogP contribution in [0.4, 0.5) is 0 Å². The largest absolute Gasteiger partial charge is 0.370 e. The second-order valence-electron chi connectivity index (χ2n) is 5.26. The molecule has 5 nitrogen and oxygen atoms in total. The zero-order valence-electron chi connectivity index (χ0n) is 12.0. The molecule has 2 aromatic rings. The maximum Gasteiger partial charge on any atom is 0.114 e. The van der Waals surface area contributed by atoms with Crippen LogP contribution in [-0.4, -0.2) is 22.4 Å². The summed E-state index contributed by atoms with van der Waals surface area (Å²) in [6, 6.07) is 12.1. The van der Waals surface area contributed by atoms with Crippen molar-refractivity contribution in [2.24, 2.45) is 7.05 Å². The summed E-state index contributed by atoms with van der Waals surface area (Å²) in [5.74, 6) is 0. The maximum atomic E-state index is 8.94. The molecule has 0 spiro atoms. The van der Waals surface area contributed by atoms with Gasteiger partial charge >= 0.3 is 0 Å². The first-order valence-corrected chi connectivity index (χ1v) is 7.10. The summed E-state index contributed by atoms with van der Waals surface area (Å²) in [5.41, 5.74) is 2.90. The molecule has 0 bridgehead atoms. The summed E-state index contributed by atoms with van der Waals surface area (Å²) >= 11 is 0. The molecule has 21 heavy (non-hydrogen) atoms. The molecule has 0 saturated carbocycles. The van der Waals surface area contributed by atoms with Gasteiger partial charge in [0.15, 0.2) is 0 Å². The van der Waals surface area contributed by atoms with Crippen molar-refractivity contribution in [1.29, 1.82) is 5.26 Å². The fraction of sp³-hybridized carbons (Fsp3) is 0.375. The van der Waals surface area contributed by atoms with Gasteiger partial charge in [0, 0.05) is 32.4 Å².